The highest BCUT2D eigenvalue weighted by Crippen LogP contribution is 2.18. The van der Waals surface area contributed by atoms with Crippen LogP contribution in [0.25, 0.3) is 0 Å². The van der Waals surface area contributed by atoms with Gasteiger partial charge in [-0.05, 0) is 32.0 Å². The molecule has 1 aliphatic heterocycles. The molecule has 1 fully saturated rings. The summed E-state index contributed by atoms with van der Waals surface area (Å²) >= 11 is 0. The fraction of sp³-hybridized carbons (Fsp3) is 0.538. The SMILES string of the molecule is Oc1ccc(CN2CCCCCC2)c(F)c1. The summed E-state index contributed by atoms with van der Waals surface area (Å²) in [6.45, 7) is 2.77. The van der Waals surface area contributed by atoms with Crippen molar-refractivity contribution >= 4 is 0 Å². The lowest BCUT2D eigenvalue weighted by Crippen LogP contribution is -2.24. The lowest BCUT2D eigenvalue weighted by atomic mass is 10.2. The Balaban J connectivity index is 2.01. The highest BCUT2D eigenvalue weighted by molar-refractivity contribution is 5.27. The Morgan fingerprint density at radius 1 is 1.12 bits per heavy atom. The first-order valence-corrected chi connectivity index (χ1v) is 5.95. The summed E-state index contributed by atoms with van der Waals surface area (Å²) < 4.78 is 13.5. The van der Waals surface area contributed by atoms with Crippen LogP contribution in [0.5, 0.6) is 5.75 Å². The number of benzene rings is 1. The highest BCUT2D eigenvalue weighted by atomic mass is 19.1. The van der Waals surface area contributed by atoms with E-state index in [4.69, 9.17) is 5.11 Å². The van der Waals surface area contributed by atoms with Gasteiger partial charge in [-0.2, -0.15) is 0 Å². The zero-order valence-corrected chi connectivity index (χ0v) is 9.45. The average molecular weight is 223 g/mol. The van der Waals surface area contributed by atoms with Gasteiger partial charge in [0.25, 0.3) is 0 Å². The van der Waals surface area contributed by atoms with Gasteiger partial charge >= 0.3 is 0 Å². The number of likely N-dealkylation sites (tertiary alicyclic amines) is 1. The lowest BCUT2D eigenvalue weighted by molar-refractivity contribution is 0.272. The van der Waals surface area contributed by atoms with Crippen LogP contribution in [0.4, 0.5) is 4.39 Å². The predicted molar refractivity (Wildman–Crippen MR) is 61.8 cm³/mol. The van der Waals surface area contributed by atoms with Crippen molar-refractivity contribution in [3.8, 4) is 5.75 Å². The van der Waals surface area contributed by atoms with Gasteiger partial charge in [0, 0.05) is 18.2 Å². The molecule has 1 N–H and O–H groups in total. The minimum absolute atomic E-state index is 0.00267. The number of hydrogen-bond donors (Lipinski definition) is 1. The number of hydrogen-bond acceptors (Lipinski definition) is 2. The van der Waals surface area contributed by atoms with E-state index in [1.54, 1.807) is 12.1 Å². The largest absolute Gasteiger partial charge is 0.508 e. The molecule has 0 atom stereocenters. The summed E-state index contributed by atoms with van der Waals surface area (Å²) in [5.41, 5.74) is 0.680. The van der Waals surface area contributed by atoms with Gasteiger partial charge in [-0.1, -0.05) is 18.9 Å². The molecule has 16 heavy (non-hydrogen) atoms. The van der Waals surface area contributed by atoms with Gasteiger partial charge in [0.2, 0.25) is 0 Å². The van der Waals surface area contributed by atoms with Crippen LogP contribution >= 0.6 is 0 Å². The molecule has 1 saturated heterocycles. The van der Waals surface area contributed by atoms with Crippen LogP contribution in [0.2, 0.25) is 0 Å². The summed E-state index contributed by atoms with van der Waals surface area (Å²) in [6.07, 6.45) is 4.99. The predicted octanol–water partition coefficient (Wildman–Crippen LogP) is 2.91. The van der Waals surface area contributed by atoms with Gasteiger partial charge in [0.05, 0.1) is 0 Å². The van der Waals surface area contributed by atoms with E-state index in [0.717, 1.165) is 13.1 Å². The number of halogens is 1. The van der Waals surface area contributed by atoms with Gasteiger partial charge in [0.1, 0.15) is 11.6 Å². The number of phenols is 1. The van der Waals surface area contributed by atoms with Crippen molar-refractivity contribution in [3.05, 3.63) is 29.6 Å². The number of aromatic hydroxyl groups is 1. The van der Waals surface area contributed by atoms with E-state index in [0.29, 0.717) is 12.1 Å². The van der Waals surface area contributed by atoms with Crippen molar-refractivity contribution in [2.24, 2.45) is 0 Å². The van der Waals surface area contributed by atoms with E-state index in [9.17, 15) is 4.39 Å². The van der Waals surface area contributed by atoms with Gasteiger partial charge in [-0.3, -0.25) is 4.90 Å². The molecule has 0 spiro atoms. The van der Waals surface area contributed by atoms with Gasteiger partial charge in [-0.25, -0.2) is 4.39 Å². The van der Waals surface area contributed by atoms with Gasteiger partial charge in [-0.15, -0.1) is 0 Å². The van der Waals surface area contributed by atoms with E-state index in [1.807, 2.05) is 0 Å². The van der Waals surface area contributed by atoms with Crippen LogP contribution in [0.1, 0.15) is 31.2 Å². The Kier molecular flexibility index (Phi) is 3.78. The Hall–Kier alpha value is -1.09. The van der Waals surface area contributed by atoms with Crippen LogP contribution in [-0.4, -0.2) is 23.1 Å². The lowest BCUT2D eigenvalue weighted by Gasteiger charge is -2.20. The molecule has 0 aromatic heterocycles. The average Bonchev–Trinajstić information content (AvgIpc) is 2.51. The summed E-state index contributed by atoms with van der Waals surface area (Å²) in [4.78, 5) is 2.29. The molecule has 0 aliphatic carbocycles. The van der Waals surface area contributed by atoms with Crippen LogP contribution in [0.3, 0.4) is 0 Å². The summed E-state index contributed by atoms with van der Waals surface area (Å²) in [6, 6.07) is 4.42. The summed E-state index contributed by atoms with van der Waals surface area (Å²) in [7, 11) is 0. The first kappa shape index (κ1) is 11.4. The third kappa shape index (κ3) is 2.95. The normalized spacial score (nSPS) is 18.3. The molecule has 0 amide bonds. The third-order valence-electron chi connectivity index (χ3n) is 3.13. The molecule has 0 unspecified atom stereocenters. The third-order valence-corrected chi connectivity index (χ3v) is 3.13. The molecule has 2 nitrogen and oxygen atoms in total. The Morgan fingerprint density at radius 3 is 2.44 bits per heavy atom. The molecular weight excluding hydrogens is 205 g/mol. The standard InChI is InChI=1S/C13H18FNO/c14-13-9-12(16)6-5-11(13)10-15-7-3-1-2-4-8-15/h5-6,9,16H,1-4,7-8,10H2. The Labute approximate surface area is 95.7 Å². The van der Waals surface area contributed by atoms with Crippen LogP contribution < -0.4 is 0 Å². The van der Waals surface area contributed by atoms with E-state index in [-0.39, 0.29) is 11.6 Å². The van der Waals surface area contributed by atoms with Crippen LogP contribution in [0.15, 0.2) is 18.2 Å². The monoisotopic (exact) mass is 223 g/mol. The minimum atomic E-state index is -0.302. The maximum absolute atomic E-state index is 13.5. The maximum Gasteiger partial charge on any atom is 0.131 e. The molecule has 88 valence electrons. The molecule has 1 aromatic carbocycles. The van der Waals surface area contributed by atoms with Crippen molar-refractivity contribution in [3.63, 3.8) is 0 Å². The van der Waals surface area contributed by atoms with E-state index < -0.39 is 0 Å². The van der Waals surface area contributed by atoms with Crippen molar-refractivity contribution in [1.82, 2.24) is 4.90 Å². The molecule has 0 saturated carbocycles. The van der Waals surface area contributed by atoms with E-state index in [2.05, 4.69) is 4.90 Å². The molecule has 0 bridgehead atoms. The zero-order valence-electron chi connectivity index (χ0n) is 9.45. The van der Waals surface area contributed by atoms with Crippen molar-refractivity contribution in [2.45, 2.75) is 32.2 Å². The molecule has 3 heteroatoms. The molecule has 1 aromatic rings. The maximum atomic E-state index is 13.5. The van der Waals surface area contributed by atoms with Crippen LogP contribution in [0, 0.1) is 5.82 Å². The second kappa shape index (κ2) is 5.30. The van der Waals surface area contributed by atoms with Gasteiger partial charge in [0.15, 0.2) is 0 Å². The summed E-state index contributed by atoms with van der Waals surface area (Å²) in [5.74, 6) is -0.304. The topological polar surface area (TPSA) is 23.5 Å². The number of nitrogens with zero attached hydrogens (tertiary/aromatic N) is 1. The second-order valence-electron chi connectivity index (χ2n) is 4.47. The van der Waals surface area contributed by atoms with Crippen molar-refractivity contribution in [1.29, 1.82) is 0 Å². The molecule has 2 rings (SSSR count). The quantitative estimate of drug-likeness (QED) is 0.833. The number of rotatable bonds is 2. The number of phenolic OH excluding ortho intramolecular Hbond substituents is 1. The van der Waals surface area contributed by atoms with Crippen molar-refractivity contribution in [2.75, 3.05) is 13.1 Å². The molecule has 1 heterocycles. The zero-order chi connectivity index (χ0) is 11.4. The van der Waals surface area contributed by atoms with Crippen LogP contribution in [-0.2, 0) is 6.54 Å². The summed E-state index contributed by atoms with van der Waals surface area (Å²) in [5, 5.41) is 9.13. The fourth-order valence-electron chi connectivity index (χ4n) is 2.20. The van der Waals surface area contributed by atoms with E-state index in [1.165, 1.54) is 31.7 Å². The molecule has 0 radical (unpaired) electrons. The molecule has 1 aliphatic rings. The molecular formula is C13H18FNO. The Morgan fingerprint density at radius 2 is 1.81 bits per heavy atom. The first-order valence-electron chi connectivity index (χ1n) is 5.95. The van der Waals surface area contributed by atoms with E-state index >= 15 is 0 Å². The van der Waals surface area contributed by atoms with Crippen molar-refractivity contribution < 1.29 is 9.50 Å². The minimum Gasteiger partial charge on any atom is -0.508 e. The smallest absolute Gasteiger partial charge is 0.131 e. The first-order chi connectivity index (χ1) is 7.75. The second-order valence-corrected chi connectivity index (χ2v) is 4.47. The highest BCUT2D eigenvalue weighted by Gasteiger charge is 2.11. The van der Waals surface area contributed by atoms with Gasteiger partial charge < -0.3 is 5.11 Å². The Bertz CT molecular complexity index is 346. The fourth-order valence-corrected chi connectivity index (χ4v) is 2.20.